The van der Waals surface area contributed by atoms with Crippen LogP contribution in [0.1, 0.15) is 36.6 Å². The summed E-state index contributed by atoms with van der Waals surface area (Å²) < 4.78 is 17.3. The van der Waals surface area contributed by atoms with Crippen LogP contribution in [0.15, 0.2) is 11.2 Å². The average molecular weight is 377 g/mol. The van der Waals surface area contributed by atoms with E-state index in [1.54, 1.807) is 7.11 Å². The third kappa shape index (κ3) is 4.71. The van der Waals surface area contributed by atoms with Crippen molar-refractivity contribution in [3.63, 3.8) is 0 Å². The minimum atomic E-state index is 0.115. The lowest BCUT2D eigenvalue weighted by molar-refractivity contribution is -0.0817. The topological polar surface area (TPSA) is 68.2 Å². The van der Waals surface area contributed by atoms with E-state index >= 15 is 0 Å². The van der Waals surface area contributed by atoms with Crippen LogP contribution in [0.4, 0.5) is 0 Å². The van der Waals surface area contributed by atoms with E-state index in [-0.39, 0.29) is 12.2 Å². The molecule has 0 amide bonds. The first kappa shape index (κ1) is 19.9. The van der Waals surface area contributed by atoms with Crippen LogP contribution in [0.3, 0.4) is 0 Å². The highest BCUT2D eigenvalue weighted by Crippen LogP contribution is 2.25. The first-order valence-corrected chi connectivity index (χ1v) is 9.89. The van der Waals surface area contributed by atoms with Crippen LogP contribution in [0.25, 0.3) is 0 Å². The number of hydrogen-bond donors (Lipinski definition) is 1. The normalized spacial score (nSPS) is 23.6. The first-order chi connectivity index (χ1) is 13.1. The number of aromatic nitrogens is 1. The molecule has 2 aliphatic heterocycles. The maximum absolute atomic E-state index is 5.97. The molecule has 2 saturated heterocycles. The molecule has 7 heteroatoms. The van der Waals surface area contributed by atoms with Gasteiger partial charge in [-0.2, -0.15) is 0 Å². The number of guanidine groups is 1. The van der Waals surface area contributed by atoms with E-state index in [0.29, 0.717) is 13.2 Å². The van der Waals surface area contributed by atoms with Gasteiger partial charge in [0.1, 0.15) is 11.9 Å². The van der Waals surface area contributed by atoms with Gasteiger partial charge < -0.3 is 24.4 Å². The summed E-state index contributed by atoms with van der Waals surface area (Å²) in [6, 6.07) is 0. The Labute approximate surface area is 162 Å². The Morgan fingerprint density at radius 1 is 1.33 bits per heavy atom. The smallest absolute Gasteiger partial charge is 0.194 e. The Balaban J connectivity index is 1.72. The maximum atomic E-state index is 5.97. The molecule has 1 aromatic heterocycles. The number of aliphatic imine (C=N–C) groups is 1. The second kappa shape index (κ2) is 9.37. The molecule has 2 fully saturated rings. The fraction of sp³-hybridized carbons (Fsp3) is 0.700. The van der Waals surface area contributed by atoms with Crippen molar-refractivity contribution in [1.82, 2.24) is 15.2 Å². The highest BCUT2D eigenvalue weighted by Gasteiger charge is 2.32. The Morgan fingerprint density at radius 2 is 2.15 bits per heavy atom. The summed E-state index contributed by atoms with van der Waals surface area (Å²) in [5.41, 5.74) is 3.04. The zero-order valence-electron chi connectivity index (χ0n) is 17.0. The van der Waals surface area contributed by atoms with E-state index in [1.807, 2.05) is 20.0 Å². The quantitative estimate of drug-likeness (QED) is 0.627. The third-order valence-corrected chi connectivity index (χ3v) is 5.24. The van der Waals surface area contributed by atoms with Crippen LogP contribution < -0.4 is 10.1 Å². The molecule has 150 valence electrons. The van der Waals surface area contributed by atoms with Crippen LogP contribution in [-0.2, 0) is 16.0 Å². The van der Waals surface area contributed by atoms with Gasteiger partial charge in [-0.1, -0.05) is 0 Å². The molecule has 0 aliphatic carbocycles. The second-order valence-electron chi connectivity index (χ2n) is 7.12. The van der Waals surface area contributed by atoms with Gasteiger partial charge in [-0.25, -0.2) is 4.99 Å². The van der Waals surface area contributed by atoms with Crippen LogP contribution in [-0.4, -0.2) is 68.0 Å². The fourth-order valence-corrected chi connectivity index (χ4v) is 3.79. The lowest BCUT2D eigenvalue weighted by atomic mass is 10.1. The van der Waals surface area contributed by atoms with Crippen molar-refractivity contribution in [2.75, 3.05) is 40.0 Å². The number of nitrogens with zero attached hydrogens (tertiary/aromatic N) is 3. The molecule has 1 N–H and O–H groups in total. The molecular formula is C20H32N4O3. The van der Waals surface area contributed by atoms with Crippen molar-refractivity contribution in [2.24, 2.45) is 4.99 Å². The van der Waals surface area contributed by atoms with Gasteiger partial charge in [0.2, 0.25) is 0 Å². The number of ether oxygens (including phenoxy) is 3. The van der Waals surface area contributed by atoms with Crippen molar-refractivity contribution in [3.8, 4) is 5.75 Å². The maximum Gasteiger partial charge on any atom is 0.194 e. The Kier molecular flexibility index (Phi) is 6.90. The van der Waals surface area contributed by atoms with Crippen LogP contribution in [0.2, 0.25) is 0 Å². The summed E-state index contributed by atoms with van der Waals surface area (Å²) in [6.07, 6.45) is 4.38. The number of morpholine rings is 1. The van der Waals surface area contributed by atoms with Gasteiger partial charge in [0.05, 0.1) is 32.1 Å². The van der Waals surface area contributed by atoms with Crippen molar-refractivity contribution >= 4 is 5.96 Å². The van der Waals surface area contributed by atoms with E-state index in [1.165, 1.54) is 0 Å². The van der Waals surface area contributed by atoms with Gasteiger partial charge in [-0.3, -0.25) is 4.98 Å². The van der Waals surface area contributed by atoms with Crippen molar-refractivity contribution in [2.45, 2.75) is 52.4 Å². The van der Waals surface area contributed by atoms with Crippen LogP contribution in [0, 0.1) is 13.8 Å². The van der Waals surface area contributed by atoms with Crippen LogP contribution in [0.5, 0.6) is 5.75 Å². The van der Waals surface area contributed by atoms with Crippen molar-refractivity contribution in [1.29, 1.82) is 0 Å². The summed E-state index contributed by atoms with van der Waals surface area (Å²) in [5.74, 6) is 1.80. The Hall–Kier alpha value is -1.86. The third-order valence-electron chi connectivity index (χ3n) is 5.24. The number of aryl methyl sites for hydroxylation is 1. The molecule has 0 spiro atoms. The van der Waals surface area contributed by atoms with Gasteiger partial charge in [0, 0.05) is 43.6 Å². The molecule has 7 nitrogen and oxygen atoms in total. The Bertz CT molecular complexity index is 659. The summed E-state index contributed by atoms with van der Waals surface area (Å²) in [6.45, 7) is 10.7. The molecule has 3 rings (SSSR count). The monoisotopic (exact) mass is 376 g/mol. The molecule has 2 aliphatic rings. The van der Waals surface area contributed by atoms with Gasteiger partial charge >= 0.3 is 0 Å². The van der Waals surface area contributed by atoms with E-state index in [4.69, 9.17) is 19.2 Å². The Morgan fingerprint density at radius 3 is 2.85 bits per heavy atom. The van der Waals surface area contributed by atoms with Crippen LogP contribution >= 0.6 is 0 Å². The summed E-state index contributed by atoms with van der Waals surface area (Å²) >= 11 is 0. The summed E-state index contributed by atoms with van der Waals surface area (Å²) in [5, 5.41) is 3.41. The highest BCUT2D eigenvalue weighted by atomic mass is 16.5. The van der Waals surface area contributed by atoms with Gasteiger partial charge in [-0.15, -0.1) is 0 Å². The molecule has 3 heterocycles. The summed E-state index contributed by atoms with van der Waals surface area (Å²) in [7, 11) is 1.70. The zero-order valence-corrected chi connectivity index (χ0v) is 17.0. The molecule has 0 bridgehead atoms. The first-order valence-electron chi connectivity index (χ1n) is 9.89. The van der Waals surface area contributed by atoms with Gasteiger partial charge in [-0.05, 0) is 33.6 Å². The standard InChI is InChI=1S/C20H32N4O3/c1-5-21-20(23-12-16-15(3)19(25-4)14(2)11-22-16)24-8-10-27-18(13-24)17-7-6-9-26-17/h11,17-18H,5-10,12-13H2,1-4H3,(H,21,23). The van der Waals surface area contributed by atoms with E-state index in [9.17, 15) is 0 Å². The molecule has 2 unspecified atom stereocenters. The molecule has 1 aromatic rings. The van der Waals surface area contributed by atoms with Crippen molar-refractivity contribution < 1.29 is 14.2 Å². The number of nitrogens with one attached hydrogen (secondary N) is 1. The number of methoxy groups -OCH3 is 1. The molecular weight excluding hydrogens is 344 g/mol. The summed E-state index contributed by atoms with van der Waals surface area (Å²) in [4.78, 5) is 11.7. The molecule has 0 radical (unpaired) electrons. The number of rotatable bonds is 5. The lowest BCUT2D eigenvalue weighted by Crippen LogP contribution is -2.53. The SMILES string of the molecule is CCNC(=NCc1ncc(C)c(OC)c1C)N1CCOC(C2CCCO2)C1. The largest absolute Gasteiger partial charge is 0.496 e. The van der Waals surface area contributed by atoms with E-state index in [0.717, 1.165) is 67.6 Å². The van der Waals surface area contributed by atoms with Gasteiger partial charge in [0.15, 0.2) is 5.96 Å². The minimum Gasteiger partial charge on any atom is -0.496 e. The zero-order chi connectivity index (χ0) is 19.2. The molecule has 27 heavy (non-hydrogen) atoms. The lowest BCUT2D eigenvalue weighted by Gasteiger charge is -2.37. The predicted octanol–water partition coefficient (Wildman–Crippen LogP) is 2.05. The van der Waals surface area contributed by atoms with E-state index < -0.39 is 0 Å². The molecule has 0 aromatic carbocycles. The average Bonchev–Trinajstić information content (AvgIpc) is 3.22. The predicted molar refractivity (Wildman–Crippen MR) is 105 cm³/mol. The molecule has 0 saturated carbocycles. The van der Waals surface area contributed by atoms with E-state index in [2.05, 4.69) is 22.1 Å². The fourth-order valence-electron chi connectivity index (χ4n) is 3.79. The number of hydrogen-bond acceptors (Lipinski definition) is 5. The molecule has 2 atom stereocenters. The van der Waals surface area contributed by atoms with Gasteiger partial charge in [0.25, 0.3) is 0 Å². The minimum absolute atomic E-state index is 0.115. The van der Waals surface area contributed by atoms with Crippen molar-refractivity contribution in [3.05, 3.63) is 23.0 Å². The number of pyridine rings is 1. The highest BCUT2D eigenvalue weighted by molar-refractivity contribution is 5.80. The second-order valence-corrected chi connectivity index (χ2v) is 7.12.